The maximum absolute atomic E-state index is 12.0. The Morgan fingerprint density at radius 1 is 1.15 bits per heavy atom. The Morgan fingerprint density at radius 3 is 2.52 bits per heavy atom. The summed E-state index contributed by atoms with van der Waals surface area (Å²) < 4.78 is 27.6. The van der Waals surface area contributed by atoms with Gasteiger partial charge in [0, 0.05) is 13.1 Å². The summed E-state index contributed by atoms with van der Waals surface area (Å²) in [5.41, 5.74) is 2.62. The molecule has 1 aromatic heterocycles. The van der Waals surface area contributed by atoms with Crippen molar-refractivity contribution in [2.24, 2.45) is 7.05 Å². The first-order valence-corrected chi connectivity index (χ1v) is 9.79. The zero-order chi connectivity index (χ0) is 19.4. The minimum atomic E-state index is -3.46. The van der Waals surface area contributed by atoms with Gasteiger partial charge in [-0.05, 0) is 43.0 Å². The molecule has 0 spiro atoms. The zero-order valence-electron chi connectivity index (χ0n) is 15.0. The van der Waals surface area contributed by atoms with E-state index in [0.29, 0.717) is 6.54 Å². The molecule has 0 bridgehead atoms. The highest BCUT2D eigenvalue weighted by atomic mass is 32.2. The summed E-state index contributed by atoms with van der Waals surface area (Å²) in [6.07, 6.45) is 3.03. The Labute approximate surface area is 157 Å². The van der Waals surface area contributed by atoms with Gasteiger partial charge in [-0.1, -0.05) is 24.3 Å². The van der Waals surface area contributed by atoms with Crippen LogP contribution in [0.15, 0.2) is 59.5 Å². The molecule has 0 saturated heterocycles. The molecule has 27 heavy (non-hydrogen) atoms. The second-order valence-corrected chi connectivity index (χ2v) is 7.79. The number of aromatic nitrogens is 2. The lowest BCUT2D eigenvalue weighted by molar-refractivity contribution is -0.116. The van der Waals surface area contributed by atoms with Crippen LogP contribution < -0.4 is 10.0 Å². The number of carbonyl (C=O) groups is 1. The Balaban J connectivity index is 1.62. The van der Waals surface area contributed by atoms with Crippen LogP contribution in [0.2, 0.25) is 0 Å². The number of sulfonamides is 1. The molecule has 1 heterocycles. The van der Waals surface area contributed by atoms with Crippen molar-refractivity contribution in [3.05, 3.63) is 66.0 Å². The Kier molecular flexibility index (Phi) is 5.38. The molecule has 0 aliphatic heterocycles. The van der Waals surface area contributed by atoms with Crippen LogP contribution in [0.3, 0.4) is 0 Å². The first-order chi connectivity index (χ1) is 12.9. The molecule has 0 atom stereocenters. The molecule has 0 saturated carbocycles. The van der Waals surface area contributed by atoms with Crippen molar-refractivity contribution < 1.29 is 13.2 Å². The van der Waals surface area contributed by atoms with Gasteiger partial charge in [-0.2, -0.15) is 0 Å². The highest BCUT2D eigenvalue weighted by Gasteiger charge is 2.10. The molecule has 2 N–H and O–H groups in total. The summed E-state index contributed by atoms with van der Waals surface area (Å²) in [6.45, 7) is 0.313. The van der Waals surface area contributed by atoms with Gasteiger partial charge in [0.2, 0.25) is 15.9 Å². The topological polar surface area (TPSA) is 93.1 Å². The Bertz CT molecular complexity index is 1100. The van der Waals surface area contributed by atoms with Crippen LogP contribution in [-0.2, 0) is 28.4 Å². The summed E-state index contributed by atoms with van der Waals surface area (Å²) in [4.78, 5) is 16.7. The molecule has 0 unspecified atom stereocenters. The smallest absolute Gasteiger partial charge is 0.244 e. The van der Waals surface area contributed by atoms with E-state index in [1.165, 1.54) is 25.3 Å². The van der Waals surface area contributed by atoms with Gasteiger partial charge in [-0.15, -0.1) is 0 Å². The van der Waals surface area contributed by atoms with Gasteiger partial charge >= 0.3 is 0 Å². The van der Waals surface area contributed by atoms with Crippen LogP contribution >= 0.6 is 0 Å². The van der Waals surface area contributed by atoms with Crippen LogP contribution in [0.5, 0.6) is 0 Å². The molecule has 1 amide bonds. The minimum absolute atomic E-state index is 0.174. The minimum Gasteiger partial charge on any atom is -0.345 e. The van der Waals surface area contributed by atoms with Crippen molar-refractivity contribution in [1.82, 2.24) is 19.6 Å². The van der Waals surface area contributed by atoms with E-state index >= 15 is 0 Å². The van der Waals surface area contributed by atoms with Gasteiger partial charge in [0.1, 0.15) is 5.82 Å². The monoisotopic (exact) mass is 384 g/mol. The number of rotatable bonds is 6. The Hall–Kier alpha value is -2.97. The fourth-order valence-corrected chi connectivity index (χ4v) is 3.36. The fraction of sp³-hybridized carbons (Fsp3) is 0.158. The number of aryl methyl sites for hydroxylation is 1. The van der Waals surface area contributed by atoms with E-state index in [1.807, 2.05) is 35.9 Å². The Morgan fingerprint density at radius 2 is 1.85 bits per heavy atom. The van der Waals surface area contributed by atoms with Crippen molar-refractivity contribution in [3.63, 3.8) is 0 Å². The lowest BCUT2D eigenvalue weighted by Crippen LogP contribution is -2.22. The summed E-state index contributed by atoms with van der Waals surface area (Å²) >= 11 is 0. The average Bonchev–Trinajstić information content (AvgIpc) is 3.01. The normalized spacial score (nSPS) is 11.9. The molecule has 0 fully saturated rings. The van der Waals surface area contributed by atoms with Crippen molar-refractivity contribution in [2.45, 2.75) is 11.4 Å². The predicted molar refractivity (Wildman–Crippen MR) is 104 cm³/mol. The number of hydrogen-bond donors (Lipinski definition) is 2. The first-order valence-electron chi connectivity index (χ1n) is 8.30. The van der Waals surface area contributed by atoms with Gasteiger partial charge in [0.15, 0.2) is 0 Å². The van der Waals surface area contributed by atoms with E-state index in [1.54, 1.807) is 18.2 Å². The average molecular weight is 384 g/mol. The quantitative estimate of drug-likeness (QED) is 0.634. The van der Waals surface area contributed by atoms with Crippen LogP contribution in [0.25, 0.3) is 17.1 Å². The number of nitrogens with one attached hydrogen (secondary N) is 2. The van der Waals surface area contributed by atoms with E-state index in [9.17, 15) is 13.2 Å². The molecule has 140 valence electrons. The van der Waals surface area contributed by atoms with E-state index in [4.69, 9.17) is 0 Å². The fourth-order valence-electron chi connectivity index (χ4n) is 2.63. The van der Waals surface area contributed by atoms with Crippen molar-refractivity contribution in [2.75, 3.05) is 7.05 Å². The van der Waals surface area contributed by atoms with Crippen LogP contribution in [0, 0.1) is 0 Å². The maximum atomic E-state index is 12.0. The summed E-state index contributed by atoms with van der Waals surface area (Å²) in [5.74, 6) is 0.508. The van der Waals surface area contributed by atoms with Crippen molar-refractivity contribution in [1.29, 1.82) is 0 Å². The molecule has 3 aromatic rings. The van der Waals surface area contributed by atoms with E-state index < -0.39 is 10.0 Å². The second kappa shape index (κ2) is 7.73. The number of para-hydroxylation sites is 2. The molecule has 0 radical (unpaired) electrons. The largest absolute Gasteiger partial charge is 0.345 e. The van der Waals surface area contributed by atoms with Crippen molar-refractivity contribution in [3.8, 4) is 0 Å². The molecule has 8 heteroatoms. The van der Waals surface area contributed by atoms with Gasteiger partial charge in [-0.3, -0.25) is 4.79 Å². The van der Waals surface area contributed by atoms with Gasteiger partial charge in [0.25, 0.3) is 0 Å². The zero-order valence-corrected chi connectivity index (χ0v) is 15.8. The number of imidazole rings is 1. The third kappa shape index (κ3) is 4.24. The summed E-state index contributed by atoms with van der Waals surface area (Å²) in [7, 11) is -0.194. The SMILES string of the molecule is CNS(=O)(=O)c1ccc(/C=C/C(=O)NCc2nc3ccccc3n2C)cc1. The lowest BCUT2D eigenvalue weighted by Gasteiger charge is -2.04. The van der Waals surface area contributed by atoms with Gasteiger partial charge in [0.05, 0.1) is 22.5 Å². The maximum Gasteiger partial charge on any atom is 0.244 e. The number of carbonyl (C=O) groups excluding carboxylic acids is 1. The second-order valence-electron chi connectivity index (χ2n) is 5.90. The number of nitrogens with zero attached hydrogens (tertiary/aromatic N) is 2. The van der Waals surface area contributed by atoms with E-state index in [2.05, 4.69) is 15.0 Å². The number of hydrogen-bond acceptors (Lipinski definition) is 4. The molecule has 3 rings (SSSR count). The number of benzene rings is 2. The molecule has 7 nitrogen and oxygen atoms in total. The van der Waals surface area contributed by atoms with E-state index in [-0.39, 0.29) is 10.8 Å². The third-order valence-corrected chi connectivity index (χ3v) is 5.62. The van der Waals surface area contributed by atoms with Gasteiger partial charge in [-0.25, -0.2) is 18.1 Å². The van der Waals surface area contributed by atoms with Crippen LogP contribution in [0.1, 0.15) is 11.4 Å². The summed E-state index contributed by atoms with van der Waals surface area (Å²) in [6, 6.07) is 14.0. The highest BCUT2D eigenvalue weighted by Crippen LogP contribution is 2.14. The summed E-state index contributed by atoms with van der Waals surface area (Å²) in [5, 5.41) is 2.80. The van der Waals surface area contributed by atoms with Crippen LogP contribution in [-0.4, -0.2) is 30.9 Å². The molecule has 2 aromatic carbocycles. The number of amides is 1. The first kappa shape index (κ1) is 18.8. The van der Waals surface area contributed by atoms with E-state index in [0.717, 1.165) is 22.4 Å². The highest BCUT2D eigenvalue weighted by molar-refractivity contribution is 7.89. The molecule has 0 aliphatic carbocycles. The van der Waals surface area contributed by atoms with Crippen molar-refractivity contribution >= 4 is 33.0 Å². The standard InChI is InChI=1S/C19H20N4O3S/c1-20-27(25,26)15-10-7-14(8-11-15)9-12-19(24)21-13-18-22-16-5-3-4-6-17(16)23(18)2/h3-12,20H,13H2,1-2H3,(H,21,24)/b12-9+. The van der Waals surface area contributed by atoms with Gasteiger partial charge < -0.3 is 9.88 Å². The van der Waals surface area contributed by atoms with Crippen LogP contribution in [0.4, 0.5) is 0 Å². The molecular formula is C19H20N4O3S. The number of fused-ring (bicyclic) bond motifs is 1. The third-order valence-electron chi connectivity index (χ3n) is 4.19. The molecular weight excluding hydrogens is 364 g/mol. The predicted octanol–water partition coefficient (Wildman–Crippen LogP) is 1.81. The lowest BCUT2D eigenvalue weighted by atomic mass is 10.2. The molecule has 0 aliphatic rings.